The van der Waals surface area contributed by atoms with Crippen molar-refractivity contribution < 1.29 is 9.90 Å². The van der Waals surface area contributed by atoms with Crippen LogP contribution in [0.4, 0.5) is 0 Å². The first kappa shape index (κ1) is 12.3. The molecular formula is C13H22O2. The van der Waals surface area contributed by atoms with Crippen molar-refractivity contribution in [3.05, 3.63) is 11.6 Å². The van der Waals surface area contributed by atoms with E-state index < -0.39 is 5.97 Å². The maximum atomic E-state index is 10.5. The molecule has 0 aliphatic heterocycles. The van der Waals surface area contributed by atoms with Crippen LogP contribution in [0.5, 0.6) is 0 Å². The van der Waals surface area contributed by atoms with Gasteiger partial charge in [-0.3, -0.25) is 4.79 Å². The quantitative estimate of drug-likeness (QED) is 0.464. The lowest BCUT2D eigenvalue weighted by Crippen LogP contribution is -1.99. The summed E-state index contributed by atoms with van der Waals surface area (Å²) in [5.41, 5.74) is 1.15. The van der Waals surface area contributed by atoms with E-state index in [1.807, 2.05) is 6.08 Å². The van der Waals surface area contributed by atoms with Gasteiger partial charge in [0.15, 0.2) is 0 Å². The second kappa shape index (κ2) is 6.65. The Hall–Kier alpha value is -0.790. The number of hydrogen-bond donors (Lipinski definition) is 1. The van der Waals surface area contributed by atoms with Crippen LogP contribution in [0.15, 0.2) is 11.6 Å². The zero-order valence-electron chi connectivity index (χ0n) is 9.67. The molecule has 0 aromatic rings. The monoisotopic (exact) mass is 210 g/mol. The van der Waals surface area contributed by atoms with E-state index in [9.17, 15) is 4.79 Å². The zero-order chi connectivity index (χ0) is 11.1. The molecule has 0 heterocycles. The van der Waals surface area contributed by atoms with Crippen LogP contribution >= 0.6 is 0 Å². The van der Waals surface area contributed by atoms with Gasteiger partial charge in [0.1, 0.15) is 0 Å². The van der Waals surface area contributed by atoms with E-state index in [4.69, 9.17) is 5.11 Å². The van der Waals surface area contributed by atoms with Crippen molar-refractivity contribution in [2.24, 2.45) is 5.92 Å². The molecule has 0 spiro atoms. The Morgan fingerprint density at radius 2 is 1.80 bits per heavy atom. The first-order chi connectivity index (χ1) is 7.25. The average molecular weight is 210 g/mol. The number of hydrogen-bond acceptors (Lipinski definition) is 1. The molecule has 0 unspecified atom stereocenters. The molecule has 1 atom stereocenters. The third kappa shape index (κ3) is 5.01. The molecular weight excluding hydrogens is 188 g/mol. The molecule has 0 radical (unpaired) electrons. The first-order valence-electron chi connectivity index (χ1n) is 6.19. The predicted octanol–water partition coefficient (Wildman–Crippen LogP) is 3.77. The van der Waals surface area contributed by atoms with Crippen LogP contribution in [0.1, 0.15) is 58.3 Å². The highest BCUT2D eigenvalue weighted by molar-refractivity contribution is 5.81. The largest absolute Gasteiger partial charge is 0.481 e. The second-order valence-corrected chi connectivity index (χ2v) is 4.43. The summed E-state index contributed by atoms with van der Waals surface area (Å²) in [5, 5.41) is 8.67. The maximum absolute atomic E-state index is 10.5. The van der Waals surface area contributed by atoms with Gasteiger partial charge in [-0.05, 0) is 12.8 Å². The second-order valence-electron chi connectivity index (χ2n) is 4.43. The number of unbranched alkanes of at least 4 members (excludes halogenated alkanes) is 6. The topological polar surface area (TPSA) is 37.3 Å². The van der Waals surface area contributed by atoms with Crippen LogP contribution in [0.25, 0.3) is 0 Å². The fourth-order valence-corrected chi connectivity index (χ4v) is 1.92. The van der Waals surface area contributed by atoms with Gasteiger partial charge in [-0.1, -0.05) is 57.1 Å². The molecule has 86 valence electrons. The van der Waals surface area contributed by atoms with E-state index in [1.165, 1.54) is 44.9 Å². The Labute approximate surface area is 92.4 Å². The third-order valence-corrected chi connectivity index (χ3v) is 3.01. The summed E-state index contributed by atoms with van der Waals surface area (Å²) in [6.07, 6.45) is 12.0. The van der Waals surface area contributed by atoms with E-state index in [0.29, 0.717) is 0 Å². The molecule has 0 bridgehead atoms. The van der Waals surface area contributed by atoms with Crippen LogP contribution in [0.2, 0.25) is 0 Å². The summed E-state index contributed by atoms with van der Waals surface area (Å²) >= 11 is 0. The zero-order valence-corrected chi connectivity index (χ0v) is 9.67. The molecule has 1 N–H and O–H groups in total. The number of carbonyl (C=O) groups is 1. The predicted molar refractivity (Wildman–Crippen MR) is 61.8 cm³/mol. The number of aliphatic carboxylic acids is 1. The molecule has 2 nitrogen and oxygen atoms in total. The van der Waals surface area contributed by atoms with Gasteiger partial charge in [-0.2, -0.15) is 0 Å². The minimum atomic E-state index is -0.673. The van der Waals surface area contributed by atoms with E-state index in [0.717, 1.165) is 12.0 Å². The van der Waals surface area contributed by atoms with Gasteiger partial charge in [0, 0.05) is 0 Å². The fraction of sp³-hybridized carbons (Fsp3) is 0.769. The molecule has 0 aromatic carbocycles. The standard InChI is InChI=1S/C13H22O2/c1-2-3-4-5-6-7-8-9-11-10-12(11)13(14)15/h10,12H,2-9H2,1H3,(H,14,15)/t12-/m1/s1. The molecule has 0 amide bonds. The van der Waals surface area contributed by atoms with Crippen molar-refractivity contribution >= 4 is 5.97 Å². The Balaban J connectivity index is 1.83. The maximum Gasteiger partial charge on any atom is 0.314 e. The summed E-state index contributed by atoms with van der Waals surface area (Å²) in [5.74, 6) is -0.877. The molecule has 0 saturated carbocycles. The van der Waals surface area contributed by atoms with Gasteiger partial charge in [0.25, 0.3) is 0 Å². The van der Waals surface area contributed by atoms with Crippen LogP contribution in [0, 0.1) is 5.92 Å². The van der Waals surface area contributed by atoms with Crippen LogP contribution in [-0.2, 0) is 4.79 Å². The van der Waals surface area contributed by atoms with Crippen LogP contribution in [-0.4, -0.2) is 11.1 Å². The van der Waals surface area contributed by atoms with Crippen molar-refractivity contribution in [2.75, 3.05) is 0 Å². The number of carboxylic acids is 1. The molecule has 0 saturated heterocycles. The summed E-state index contributed by atoms with van der Waals surface area (Å²) in [6.45, 7) is 2.23. The van der Waals surface area contributed by atoms with Crippen molar-refractivity contribution in [2.45, 2.75) is 58.3 Å². The molecule has 0 aromatic heterocycles. The molecule has 1 rings (SSSR count). The van der Waals surface area contributed by atoms with Gasteiger partial charge in [-0.25, -0.2) is 0 Å². The number of carboxylic acid groups (broad SMARTS) is 1. The molecule has 0 fully saturated rings. The average Bonchev–Trinajstić information content (AvgIpc) is 2.96. The Bertz CT molecular complexity index is 231. The summed E-state index contributed by atoms with van der Waals surface area (Å²) < 4.78 is 0. The highest BCUT2D eigenvalue weighted by Gasteiger charge is 2.30. The van der Waals surface area contributed by atoms with Crippen molar-refractivity contribution in [3.8, 4) is 0 Å². The summed E-state index contributed by atoms with van der Waals surface area (Å²) in [6, 6.07) is 0. The van der Waals surface area contributed by atoms with Crippen molar-refractivity contribution in [3.63, 3.8) is 0 Å². The van der Waals surface area contributed by atoms with Gasteiger partial charge < -0.3 is 5.11 Å². The minimum absolute atomic E-state index is 0.204. The van der Waals surface area contributed by atoms with Crippen LogP contribution in [0.3, 0.4) is 0 Å². The normalized spacial score (nSPS) is 18.7. The smallest absolute Gasteiger partial charge is 0.314 e. The van der Waals surface area contributed by atoms with E-state index >= 15 is 0 Å². The minimum Gasteiger partial charge on any atom is -0.481 e. The van der Waals surface area contributed by atoms with E-state index in [1.54, 1.807) is 0 Å². The van der Waals surface area contributed by atoms with Crippen LogP contribution < -0.4 is 0 Å². The Morgan fingerprint density at radius 1 is 1.20 bits per heavy atom. The van der Waals surface area contributed by atoms with Gasteiger partial charge >= 0.3 is 5.97 Å². The Morgan fingerprint density at radius 3 is 2.33 bits per heavy atom. The van der Waals surface area contributed by atoms with Crippen molar-refractivity contribution in [1.82, 2.24) is 0 Å². The summed E-state index contributed by atoms with van der Waals surface area (Å²) in [7, 11) is 0. The lowest BCUT2D eigenvalue weighted by molar-refractivity contribution is -0.137. The SMILES string of the molecule is CCCCCCCCCC1=C[C@H]1C(=O)O. The van der Waals surface area contributed by atoms with Gasteiger partial charge in [-0.15, -0.1) is 0 Å². The summed E-state index contributed by atoms with van der Waals surface area (Å²) in [4.78, 5) is 10.5. The van der Waals surface area contributed by atoms with Gasteiger partial charge in [0.2, 0.25) is 0 Å². The number of rotatable bonds is 9. The highest BCUT2D eigenvalue weighted by atomic mass is 16.4. The molecule has 1 aliphatic carbocycles. The van der Waals surface area contributed by atoms with Gasteiger partial charge in [0.05, 0.1) is 5.92 Å². The molecule has 1 aliphatic rings. The molecule has 15 heavy (non-hydrogen) atoms. The van der Waals surface area contributed by atoms with E-state index in [-0.39, 0.29) is 5.92 Å². The fourth-order valence-electron chi connectivity index (χ4n) is 1.92. The highest BCUT2D eigenvalue weighted by Crippen LogP contribution is 2.33. The lowest BCUT2D eigenvalue weighted by Gasteiger charge is -1.99. The van der Waals surface area contributed by atoms with Crippen molar-refractivity contribution in [1.29, 1.82) is 0 Å². The Kier molecular flexibility index (Phi) is 5.44. The lowest BCUT2D eigenvalue weighted by atomic mass is 10.1. The third-order valence-electron chi connectivity index (χ3n) is 3.01. The molecule has 2 heteroatoms. The first-order valence-corrected chi connectivity index (χ1v) is 6.19. The van der Waals surface area contributed by atoms with E-state index in [2.05, 4.69) is 6.92 Å².